The normalized spacial score (nSPS) is 11.8. The van der Waals surface area contributed by atoms with Gasteiger partial charge in [-0.15, -0.1) is 0 Å². The molecule has 0 spiro atoms. The molecule has 0 unspecified atom stereocenters. The Morgan fingerprint density at radius 2 is 1.85 bits per heavy atom. The Kier molecular flexibility index (Phi) is 5.83. The second kappa shape index (κ2) is 6.95. The average Bonchev–Trinajstić information content (AvgIpc) is 2.40. The van der Waals surface area contributed by atoms with Crippen LogP contribution in [0.2, 0.25) is 0 Å². The number of nitrogen functional groups attached to an aromatic ring is 1. The number of anilines is 2. The Morgan fingerprint density at radius 1 is 1.20 bits per heavy atom. The van der Waals surface area contributed by atoms with Crippen molar-refractivity contribution in [1.82, 2.24) is 4.31 Å². The Morgan fingerprint density at radius 3 is 2.35 bits per heavy atom. The molecule has 0 aliphatic heterocycles. The first-order chi connectivity index (χ1) is 9.36. The van der Waals surface area contributed by atoms with E-state index >= 15 is 0 Å². The van der Waals surface area contributed by atoms with Gasteiger partial charge >= 0.3 is 0 Å². The molecule has 0 amide bonds. The average molecular weight is 299 g/mol. The highest BCUT2D eigenvalue weighted by molar-refractivity contribution is 7.89. The predicted octanol–water partition coefficient (Wildman–Crippen LogP) is 2.15. The summed E-state index contributed by atoms with van der Waals surface area (Å²) in [6, 6.07) is 5.18. The first kappa shape index (κ1) is 16.8. The Labute approximate surface area is 122 Å². The summed E-state index contributed by atoms with van der Waals surface area (Å²) in [5.74, 6) is 0. The van der Waals surface area contributed by atoms with Crippen molar-refractivity contribution in [3.8, 4) is 0 Å². The minimum atomic E-state index is -3.51. The minimum absolute atomic E-state index is 0.176. The molecule has 0 fully saturated rings. The van der Waals surface area contributed by atoms with Crippen LogP contribution in [0, 0.1) is 0 Å². The maximum absolute atomic E-state index is 12.3. The van der Waals surface area contributed by atoms with Gasteiger partial charge in [0.1, 0.15) is 4.90 Å². The summed E-state index contributed by atoms with van der Waals surface area (Å²) in [4.78, 5) is 2.29. The zero-order chi connectivity index (χ0) is 15.3. The molecule has 20 heavy (non-hydrogen) atoms. The fourth-order valence-electron chi connectivity index (χ4n) is 2.03. The van der Waals surface area contributed by atoms with Gasteiger partial charge in [-0.3, -0.25) is 0 Å². The van der Waals surface area contributed by atoms with Crippen molar-refractivity contribution < 1.29 is 8.42 Å². The summed E-state index contributed by atoms with van der Waals surface area (Å²) >= 11 is 0. The maximum Gasteiger partial charge on any atom is 0.244 e. The van der Waals surface area contributed by atoms with E-state index in [1.807, 2.05) is 13.0 Å². The van der Waals surface area contributed by atoms with Crippen molar-refractivity contribution in [1.29, 1.82) is 0 Å². The number of rotatable bonds is 7. The first-order valence-corrected chi connectivity index (χ1v) is 8.36. The summed E-state index contributed by atoms with van der Waals surface area (Å²) in [6.45, 7) is 5.85. The number of benzene rings is 1. The van der Waals surface area contributed by atoms with Gasteiger partial charge in [-0.05, 0) is 25.5 Å². The number of nitrogens with two attached hydrogens (primary N) is 1. The van der Waals surface area contributed by atoms with Crippen LogP contribution in [0.15, 0.2) is 23.1 Å². The molecular formula is C14H25N3O2S. The third-order valence-corrected chi connectivity index (χ3v) is 5.18. The summed E-state index contributed by atoms with van der Waals surface area (Å²) in [6.07, 6.45) is 2.14. The molecule has 0 saturated heterocycles. The molecule has 0 atom stereocenters. The van der Waals surface area contributed by atoms with Crippen molar-refractivity contribution in [2.45, 2.75) is 31.6 Å². The van der Waals surface area contributed by atoms with E-state index in [0.717, 1.165) is 31.6 Å². The Hall–Kier alpha value is -1.27. The molecule has 6 heteroatoms. The molecule has 0 aliphatic carbocycles. The van der Waals surface area contributed by atoms with Crippen LogP contribution < -0.4 is 10.6 Å². The topological polar surface area (TPSA) is 66.6 Å². The van der Waals surface area contributed by atoms with Crippen LogP contribution >= 0.6 is 0 Å². The lowest BCUT2D eigenvalue weighted by molar-refractivity contribution is 0.521. The van der Waals surface area contributed by atoms with E-state index in [4.69, 9.17) is 5.73 Å². The molecule has 0 bridgehead atoms. The third-order valence-electron chi connectivity index (χ3n) is 3.31. The van der Waals surface area contributed by atoms with E-state index < -0.39 is 10.0 Å². The van der Waals surface area contributed by atoms with Crippen molar-refractivity contribution in [3.63, 3.8) is 0 Å². The predicted molar refractivity (Wildman–Crippen MR) is 84.5 cm³/mol. The van der Waals surface area contributed by atoms with Gasteiger partial charge < -0.3 is 10.6 Å². The molecule has 1 aromatic carbocycles. The maximum atomic E-state index is 12.3. The van der Waals surface area contributed by atoms with Gasteiger partial charge in [-0.25, -0.2) is 12.7 Å². The first-order valence-electron chi connectivity index (χ1n) is 6.92. The van der Waals surface area contributed by atoms with Crippen LogP contribution in [0.25, 0.3) is 0 Å². The highest BCUT2D eigenvalue weighted by Crippen LogP contribution is 2.31. The molecule has 114 valence electrons. The zero-order valence-electron chi connectivity index (χ0n) is 12.8. The number of hydrogen-bond acceptors (Lipinski definition) is 4. The van der Waals surface area contributed by atoms with Gasteiger partial charge in [-0.1, -0.05) is 19.4 Å². The highest BCUT2D eigenvalue weighted by Gasteiger charge is 2.22. The fourth-order valence-corrected chi connectivity index (χ4v) is 3.05. The van der Waals surface area contributed by atoms with Crippen LogP contribution in [0.4, 0.5) is 11.4 Å². The minimum Gasteiger partial charge on any atom is -0.396 e. The third kappa shape index (κ3) is 3.43. The number of unbranched alkanes of at least 4 members (excludes halogenated alkanes) is 1. The van der Waals surface area contributed by atoms with Gasteiger partial charge in [0.2, 0.25) is 10.0 Å². The summed E-state index contributed by atoms with van der Waals surface area (Å²) < 4.78 is 25.7. The fraction of sp³-hybridized carbons (Fsp3) is 0.571. The highest BCUT2D eigenvalue weighted by atomic mass is 32.2. The van der Waals surface area contributed by atoms with Crippen molar-refractivity contribution in [2.24, 2.45) is 0 Å². The largest absolute Gasteiger partial charge is 0.396 e. The molecular weight excluding hydrogens is 274 g/mol. The number of nitrogens with zero attached hydrogens (tertiary/aromatic N) is 2. The standard InChI is InChI=1S/C14H25N3O2S/c1-5-7-11-17(6-2)12-9-8-10-13(14(12)15)20(18,19)16(3)4/h8-10H,5-7,11,15H2,1-4H3. The molecule has 1 rings (SSSR count). The van der Waals surface area contributed by atoms with Crippen LogP contribution in [0.5, 0.6) is 0 Å². The number of sulfonamides is 1. The molecule has 0 aromatic heterocycles. The summed E-state index contributed by atoms with van der Waals surface area (Å²) in [5.41, 5.74) is 7.24. The van der Waals surface area contributed by atoms with E-state index in [0.29, 0.717) is 5.69 Å². The van der Waals surface area contributed by atoms with E-state index in [2.05, 4.69) is 11.8 Å². The van der Waals surface area contributed by atoms with E-state index in [-0.39, 0.29) is 4.90 Å². The number of para-hydroxylation sites is 1. The van der Waals surface area contributed by atoms with Gasteiger partial charge in [-0.2, -0.15) is 0 Å². The zero-order valence-corrected chi connectivity index (χ0v) is 13.6. The van der Waals surface area contributed by atoms with Crippen LogP contribution in [0.3, 0.4) is 0 Å². The second-order valence-corrected chi connectivity index (χ2v) is 7.03. The lowest BCUT2D eigenvalue weighted by Gasteiger charge is -2.26. The van der Waals surface area contributed by atoms with Crippen LogP contribution in [0.1, 0.15) is 26.7 Å². The summed E-state index contributed by atoms with van der Waals surface area (Å²) in [7, 11) is -0.491. The van der Waals surface area contributed by atoms with Gasteiger partial charge in [0.05, 0.1) is 11.4 Å². The Balaban J connectivity index is 3.25. The van der Waals surface area contributed by atoms with Crippen molar-refractivity contribution >= 4 is 21.4 Å². The SMILES string of the molecule is CCCCN(CC)c1cccc(S(=O)(=O)N(C)C)c1N. The van der Waals surface area contributed by atoms with E-state index in [1.54, 1.807) is 12.1 Å². The monoisotopic (exact) mass is 299 g/mol. The molecule has 5 nitrogen and oxygen atoms in total. The lowest BCUT2D eigenvalue weighted by Crippen LogP contribution is -2.27. The quantitative estimate of drug-likeness (QED) is 0.783. The van der Waals surface area contributed by atoms with Gasteiger partial charge in [0, 0.05) is 27.2 Å². The molecule has 0 aliphatic rings. The summed E-state index contributed by atoms with van der Waals surface area (Å²) in [5, 5.41) is 0. The van der Waals surface area contributed by atoms with Gasteiger partial charge in [0.25, 0.3) is 0 Å². The van der Waals surface area contributed by atoms with Gasteiger partial charge in [0.15, 0.2) is 0 Å². The Bertz CT molecular complexity index is 541. The molecule has 0 radical (unpaired) electrons. The number of hydrogen-bond donors (Lipinski definition) is 1. The lowest BCUT2D eigenvalue weighted by atomic mass is 10.2. The van der Waals surface area contributed by atoms with Crippen molar-refractivity contribution in [2.75, 3.05) is 37.8 Å². The smallest absolute Gasteiger partial charge is 0.244 e. The van der Waals surface area contributed by atoms with E-state index in [1.165, 1.54) is 18.4 Å². The van der Waals surface area contributed by atoms with Crippen molar-refractivity contribution in [3.05, 3.63) is 18.2 Å². The second-order valence-electron chi connectivity index (χ2n) is 4.91. The molecule has 2 N–H and O–H groups in total. The molecule has 1 aromatic rings. The molecule has 0 heterocycles. The van der Waals surface area contributed by atoms with Crippen LogP contribution in [-0.4, -0.2) is 39.9 Å². The van der Waals surface area contributed by atoms with E-state index in [9.17, 15) is 8.42 Å². The van der Waals surface area contributed by atoms with Crippen LogP contribution in [-0.2, 0) is 10.0 Å². The molecule has 0 saturated carbocycles.